The first-order chi connectivity index (χ1) is 18.0. The van der Waals surface area contributed by atoms with E-state index in [1.807, 2.05) is 103 Å². The summed E-state index contributed by atoms with van der Waals surface area (Å²) in [6.07, 6.45) is 4.03. The molecule has 0 amide bonds. The number of carbonyl (C=O) groups is 3. The van der Waals surface area contributed by atoms with Crippen molar-refractivity contribution < 1.29 is 19.1 Å². The molecule has 0 N–H and O–H groups in total. The van der Waals surface area contributed by atoms with E-state index in [0.29, 0.717) is 19.3 Å². The van der Waals surface area contributed by atoms with E-state index in [4.69, 9.17) is 4.74 Å². The highest BCUT2D eigenvalue weighted by Gasteiger charge is 2.51. The number of ether oxygens (including phenoxy) is 1. The monoisotopic (exact) mass is 516 g/mol. The van der Waals surface area contributed by atoms with E-state index < -0.39 is 17.4 Å². The second-order valence-corrected chi connectivity index (χ2v) is 11.6. The van der Waals surface area contributed by atoms with Crippen LogP contribution in [-0.2, 0) is 20.7 Å². The van der Waals surface area contributed by atoms with Crippen LogP contribution < -0.4 is 0 Å². The Morgan fingerprint density at radius 3 is 2.37 bits per heavy atom. The number of benzene rings is 2. The molecule has 4 atom stereocenters. The van der Waals surface area contributed by atoms with E-state index in [0.717, 1.165) is 22.3 Å². The van der Waals surface area contributed by atoms with Crippen molar-refractivity contribution >= 4 is 17.3 Å². The van der Waals surface area contributed by atoms with E-state index in [9.17, 15) is 14.4 Å². The molecule has 1 heterocycles. The van der Waals surface area contributed by atoms with Gasteiger partial charge in [-0.1, -0.05) is 67.1 Å². The van der Waals surface area contributed by atoms with Gasteiger partial charge in [-0.25, -0.2) is 0 Å². The lowest BCUT2D eigenvalue weighted by Crippen LogP contribution is -2.41. The Hall–Kier alpha value is -2.85. The number of Topliss-reactive ketones (excluding diaryl/α,β-unsaturated/α-hetero) is 3. The number of ketones is 3. The van der Waals surface area contributed by atoms with Gasteiger partial charge in [0.2, 0.25) is 0 Å². The molecular formula is C34H44O4. The molecule has 3 rings (SSSR count). The standard InChI is InChI=1S/C34H44O4/c1-8-22(2)17-18-30(35)32-29(21-38-34(32,6)7)33(37)25(5)27(19-26-14-10-9-11-15-26)20-31(36)28-16-12-13-23(3)24(28)4/h8-16,25,27,29,32H,17-21H2,1-7H3/b22-8+. The van der Waals surface area contributed by atoms with Gasteiger partial charge in [0.15, 0.2) is 5.78 Å². The molecule has 0 aliphatic carbocycles. The molecule has 1 aliphatic heterocycles. The predicted octanol–water partition coefficient (Wildman–Crippen LogP) is 7.30. The highest BCUT2D eigenvalue weighted by Crippen LogP contribution is 2.41. The molecular weight excluding hydrogens is 472 g/mol. The molecule has 0 radical (unpaired) electrons. The minimum atomic E-state index is -0.690. The van der Waals surface area contributed by atoms with Crippen LogP contribution in [0.3, 0.4) is 0 Å². The first kappa shape index (κ1) is 29.7. The molecule has 1 aliphatic rings. The number of aryl methyl sites for hydroxylation is 1. The smallest absolute Gasteiger partial charge is 0.163 e. The minimum Gasteiger partial charge on any atom is -0.374 e. The van der Waals surface area contributed by atoms with E-state index in [2.05, 4.69) is 0 Å². The Balaban J connectivity index is 1.87. The van der Waals surface area contributed by atoms with Crippen molar-refractivity contribution in [2.75, 3.05) is 6.61 Å². The third-order valence-electron chi connectivity index (χ3n) is 8.61. The van der Waals surface area contributed by atoms with E-state index in [1.54, 1.807) is 0 Å². The quantitative estimate of drug-likeness (QED) is 0.219. The molecule has 1 fully saturated rings. The first-order valence-corrected chi connectivity index (χ1v) is 13.9. The van der Waals surface area contributed by atoms with E-state index >= 15 is 0 Å². The van der Waals surface area contributed by atoms with Crippen LogP contribution in [0.4, 0.5) is 0 Å². The summed E-state index contributed by atoms with van der Waals surface area (Å²) in [5.41, 5.74) is 4.37. The van der Waals surface area contributed by atoms with Gasteiger partial charge >= 0.3 is 0 Å². The van der Waals surface area contributed by atoms with Gasteiger partial charge in [-0.15, -0.1) is 0 Å². The van der Waals surface area contributed by atoms with Crippen molar-refractivity contribution in [3.05, 3.63) is 82.4 Å². The summed E-state index contributed by atoms with van der Waals surface area (Å²) < 4.78 is 6.05. The zero-order valence-electron chi connectivity index (χ0n) is 24.2. The van der Waals surface area contributed by atoms with Crippen LogP contribution in [0, 0.1) is 37.5 Å². The third kappa shape index (κ3) is 6.96. The summed E-state index contributed by atoms with van der Waals surface area (Å²) in [6, 6.07) is 15.8. The second kappa shape index (κ2) is 12.8. The molecule has 204 valence electrons. The number of hydrogen-bond donors (Lipinski definition) is 0. The predicted molar refractivity (Wildman–Crippen MR) is 153 cm³/mol. The lowest BCUT2D eigenvalue weighted by molar-refractivity contribution is -0.135. The Labute approximate surface area is 228 Å². The summed E-state index contributed by atoms with van der Waals surface area (Å²) >= 11 is 0. The molecule has 4 nitrogen and oxygen atoms in total. The van der Waals surface area contributed by atoms with Crippen molar-refractivity contribution in [1.82, 2.24) is 0 Å². The van der Waals surface area contributed by atoms with Gasteiger partial charge in [0, 0.05) is 24.3 Å². The van der Waals surface area contributed by atoms with Crippen molar-refractivity contribution in [3.8, 4) is 0 Å². The molecule has 2 aromatic rings. The van der Waals surface area contributed by atoms with Crippen molar-refractivity contribution in [2.24, 2.45) is 23.7 Å². The summed E-state index contributed by atoms with van der Waals surface area (Å²) in [5, 5.41) is 0. The highest BCUT2D eigenvalue weighted by atomic mass is 16.5. The fraction of sp³-hybridized carbons (Fsp3) is 0.500. The fourth-order valence-corrected chi connectivity index (χ4v) is 5.77. The Bertz CT molecular complexity index is 1170. The lowest BCUT2D eigenvalue weighted by Gasteiger charge is -2.30. The number of hydrogen-bond acceptors (Lipinski definition) is 4. The molecule has 0 spiro atoms. The highest BCUT2D eigenvalue weighted by molar-refractivity contribution is 5.98. The molecule has 0 aromatic heterocycles. The Morgan fingerprint density at radius 2 is 1.71 bits per heavy atom. The van der Waals surface area contributed by atoms with Gasteiger partial charge in [-0.05, 0) is 77.0 Å². The fourth-order valence-electron chi connectivity index (χ4n) is 5.77. The van der Waals surface area contributed by atoms with Crippen LogP contribution in [0.5, 0.6) is 0 Å². The molecule has 0 saturated carbocycles. The van der Waals surface area contributed by atoms with Crippen molar-refractivity contribution in [1.29, 1.82) is 0 Å². The zero-order valence-corrected chi connectivity index (χ0v) is 24.2. The molecule has 4 heteroatoms. The minimum absolute atomic E-state index is 0.0337. The number of allylic oxidation sites excluding steroid dienone is 2. The average molecular weight is 517 g/mol. The molecule has 2 aromatic carbocycles. The van der Waals surface area contributed by atoms with Crippen LogP contribution in [0.15, 0.2) is 60.2 Å². The topological polar surface area (TPSA) is 60.4 Å². The lowest BCUT2D eigenvalue weighted by atomic mass is 9.71. The van der Waals surface area contributed by atoms with Crippen LogP contribution in [0.1, 0.15) is 80.9 Å². The second-order valence-electron chi connectivity index (χ2n) is 11.6. The van der Waals surface area contributed by atoms with Gasteiger partial charge in [0.1, 0.15) is 11.6 Å². The van der Waals surface area contributed by atoms with Crippen molar-refractivity contribution in [3.63, 3.8) is 0 Å². The largest absolute Gasteiger partial charge is 0.374 e. The average Bonchev–Trinajstić information content (AvgIpc) is 3.22. The molecule has 38 heavy (non-hydrogen) atoms. The van der Waals surface area contributed by atoms with Crippen LogP contribution >= 0.6 is 0 Å². The van der Waals surface area contributed by atoms with Gasteiger partial charge in [0.05, 0.1) is 24.0 Å². The summed E-state index contributed by atoms with van der Waals surface area (Å²) in [7, 11) is 0. The van der Waals surface area contributed by atoms with E-state index in [1.165, 1.54) is 5.57 Å². The van der Waals surface area contributed by atoms with Crippen LogP contribution in [0.2, 0.25) is 0 Å². The summed E-state index contributed by atoms with van der Waals surface area (Å²) in [4.78, 5) is 41.0. The van der Waals surface area contributed by atoms with Crippen LogP contribution in [0.25, 0.3) is 0 Å². The van der Waals surface area contributed by atoms with Gasteiger partial charge in [-0.2, -0.15) is 0 Å². The van der Waals surface area contributed by atoms with Crippen LogP contribution in [-0.4, -0.2) is 29.6 Å². The molecule has 4 unspecified atom stereocenters. The zero-order chi connectivity index (χ0) is 28.0. The maximum Gasteiger partial charge on any atom is 0.163 e. The third-order valence-corrected chi connectivity index (χ3v) is 8.61. The van der Waals surface area contributed by atoms with Crippen molar-refractivity contribution in [2.45, 2.75) is 79.8 Å². The van der Waals surface area contributed by atoms with Gasteiger partial charge in [0.25, 0.3) is 0 Å². The SMILES string of the molecule is C/C=C(\C)CCC(=O)C1C(C(=O)C(C)C(CC(=O)c2cccc(C)c2C)Cc2ccccc2)COC1(C)C. The maximum atomic E-state index is 14.1. The summed E-state index contributed by atoms with van der Waals surface area (Å²) in [6.45, 7) is 14.0. The van der Waals surface area contributed by atoms with E-state index in [-0.39, 0.29) is 42.2 Å². The first-order valence-electron chi connectivity index (χ1n) is 13.9. The summed E-state index contributed by atoms with van der Waals surface area (Å²) in [5.74, 6) is -1.36. The molecule has 1 saturated heterocycles. The Kier molecular flexibility index (Phi) is 10.0. The number of carbonyl (C=O) groups excluding carboxylic acids is 3. The normalized spacial score (nSPS) is 20.7. The Morgan fingerprint density at radius 1 is 1.03 bits per heavy atom. The number of rotatable bonds is 12. The maximum absolute atomic E-state index is 14.1. The van der Waals surface area contributed by atoms with Gasteiger partial charge in [-0.3, -0.25) is 14.4 Å². The van der Waals surface area contributed by atoms with Gasteiger partial charge < -0.3 is 4.74 Å². The molecule has 0 bridgehead atoms.